The fourth-order valence-corrected chi connectivity index (χ4v) is 6.37. The number of thiophene rings is 1. The summed E-state index contributed by atoms with van der Waals surface area (Å²) in [5, 5.41) is 2.05. The van der Waals surface area contributed by atoms with Crippen molar-refractivity contribution in [3.8, 4) is 0 Å². The average Bonchev–Trinajstić information content (AvgIpc) is 3.05. The van der Waals surface area contributed by atoms with Crippen LogP contribution in [0.25, 0.3) is 0 Å². The van der Waals surface area contributed by atoms with E-state index in [1.165, 1.54) is 23.1 Å². The molecule has 0 N–H and O–H groups in total. The summed E-state index contributed by atoms with van der Waals surface area (Å²) in [6.07, 6.45) is 3.96. The van der Waals surface area contributed by atoms with E-state index >= 15 is 0 Å². The molecule has 1 unspecified atom stereocenters. The summed E-state index contributed by atoms with van der Waals surface area (Å²) in [5.41, 5.74) is 0.539. The molecule has 1 atom stereocenters. The van der Waals surface area contributed by atoms with E-state index in [1.807, 2.05) is 23.8 Å². The van der Waals surface area contributed by atoms with Crippen molar-refractivity contribution in [2.45, 2.75) is 16.7 Å². The Kier molecular flexibility index (Phi) is 5.27. The van der Waals surface area contributed by atoms with Crippen LogP contribution in [0.15, 0.2) is 40.9 Å². The molecule has 2 aromatic rings. The maximum atomic E-state index is 12.8. The van der Waals surface area contributed by atoms with E-state index in [1.54, 1.807) is 23.2 Å². The van der Waals surface area contributed by atoms with Crippen molar-refractivity contribution in [1.82, 2.24) is 9.88 Å². The number of hydrogen-bond acceptors (Lipinski definition) is 6. The van der Waals surface area contributed by atoms with E-state index in [2.05, 4.69) is 4.98 Å². The summed E-state index contributed by atoms with van der Waals surface area (Å²) < 4.78 is 25.2. The van der Waals surface area contributed by atoms with Crippen molar-refractivity contribution in [1.29, 1.82) is 0 Å². The third-order valence-electron chi connectivity index (χ3n) is 4.08. The van der Waals surface area contributed by atoms with Gasteiger partial charge in [-0.2, -0.15) is 0 Å². The molecule has 0 aromatic carbocycles. The molecule has 3 heterocycles. The van der Waals surface area contributed by atoms with Gasteiger partial charge >= 0.3 is 0 Å². The fourth-order valence-electron chi connectivity index (χ4n) is 2.83. The van der Waals surface area contributed by atoms with E-state index in [4.69, 9.17) is 0 Å². The molecular weight excluding hydrogens is 364 g/mol. The monoisotopic (exact) mass is 382 g/mol. The Morgan fingerprint density at radius 3 is 2.88 bits per heavy atom. The van der Waals surface area contributed by atoms with Gasteiger partial charge in [-0.25, -0.2) is 13.4 Å². The van der Waals surface area contributed by atoms with Crippen LogP contribution in [0.5, 0.6) is 0 Å². The van der Waals surface area contributed by atoms with Crippen LogP contribution in [0.1, 0.15) is 26.9 Å². The highest BCUT2D eigenvalue weighted by atomic mass is 32.2. The zero-order chi connectivity index (χ0) is 17.2. The van der Waals surface area contributed by atoms with Crippen molar-refractivity contribution in [2.24, 2.45) is 0 Å². The van der Waals surface area contributed by atoms with E-state index < -0.39 is 15.1 Å². The highest BCUT2D eigenvalue weighted by Gasteiger charge is 2.33. The van der Waals surface area contributed by atoms with Gasteiger partial charge in [0.15, 0.2) is 9.84 Å². The second-order valence-corrected chi connectivity index (χ2v) is 9.59. The molecule has 1 amide bonds. The van der Waals surface area contributed by atoms with E-state index in [0.717, 1.165) is 4.88 Å². The first-order valence-corrected chi connectivity index (χ1v) is 11.4. The summed E-state index contributed by atoms with van der Waals surface area (Å²) in [5.74, 6) is -0.148. The van der Waals surface area contributed by atoms with E-state index in [-0.39, 0.29) is 18.2 Å². The quantitative estimate of drug-likeness (QED) is 0.764. The summed E-state index contributed by atoms with van der Waals surface area (Å²) in [4.78, 5) is 19.5. The van der Waals surface area contributed by atoms with E-state index in [0.29, 0.717) is 23.6 Å². The molecule has 1 aliphatic heterocycles. The lowest BCUT2D eigenvalue weighted by atomic mass is 10.2. The number of carbonyl (C=O) groups is 1. The molecule has 0 radical (unpaired) electrons. The van der Waals surface area contributed by atoms with Gasteiger partial charge in [-0.1, -0.05) is 6.07 Å². The number of pyridine rings is 1. The molecule has 24 heavy (non-hydrogen) atoms. The largest absolute Gasteiger partial charge is 0.337 e. The molecule has 0 bridgehead atoms. The molecular formula is C16H18N2O3S3. The van der Waals surface area contributed by atoms with Gasteiger partial charge < -0.3 is 4.90 Å². The van der Waals surface area contributed by atoms with Gasteiger partial charge in [-0.15, -0.1) is 23.1 Å². The Morgan fingerprint density at radius 2 is 2.17 bits per heavy atom. The second-order valence-electron chi connectivity index (χ2n) is 5.51. The van der Waals surface area contributed by atoms with Crippen LogP contribution in [0.4, 0.5) is 0 Å². The van der Waals surface area contributed by atoms with E-state index in [9.17, 15) is 13.2 Å². The molecule has 1 saturated heterocycles. The van der Waals surface area contributed by atoms with Gasteiger partial charge in [0.2, 0.25) is 0 Å². The highest BCUT2D eigenvalue weighted by Crippen LogP contribution is 2.33. The van der Waals surface area contributed by atoms with Crippen molar-refractivity contribution in [2.75, 3.05) is 25.1 Å². The SMILES string of the molecule is CSc1ncccc1C(=O)N1CCC(c2cccs2)S(=O)(=O)CC1. The molecule has 0 saturated carbocycles. The number of sulfone groups is 1. The predicted molar refractivity (Wildman–Crippen MR) is 97.4 cm³/mol. The zero-order valence-electron chi connectivity index (χ0n) is 13.2. The standard InChI is InChI=1S/C16H18N2O3S3/c1-22-15-12(4-2-7-17-15)16(19)18-8-6-14(13-5-3-10-23-13)24(20,21)11-9-18/h2-5,7,10,14H,6,8-9,11H2,1H3. The summed E-state index contributed by atoms with van der Waals surface area (Å²) in [6, 6.07) is 7.20. The van der Waals surface area contributed by atoms with Gasteiger partial charge in [-0.05, 0) is 36.3 Å². The number of amides is 1. The predicted octanol–water partition coefficient (Wildman–Crippen LogP) is 2.87. The minimum atomic E-state index is -3.25. The molecule has 5 nitrogen and oxygen atoms in total. The topological polar surface area (TPSA) is 67.3 Å². The fraction of sp³-hybridized carbons (Fsp3) is 0.375. The minimum Gasteiger partial charge on any atom is -0.337 e. The summed E-state index contributed by atoms with van der Waals surface area (Å²) in [7, 11) is -3.25. The van der Waals surface area contributed by atoms with Crippen LogP contribution in [-0.4, -0.2) is 49.3 Å². The third-order valence-corrected chi connectivity index (χ3v) is 8.04. The minimum absolute atomic E-state index is 0.00380. The van der Waals surface area contributed by atoms with Crippen molar-refractivity contribution in [3.05, 3.63) is 46.3 Å². The Balaban J connectivity index is 1.83. The Hall–Kier alpha value is -1.38. The number of hydrogen-bond donors (Lipinski definition) is 0. The Labute approximate surface area is 150 Å². The van der Waals surface area contributed by atoms with Gasteiger partial charge in [0.25, 0.3) is 5.91 Å². The molecule has 2 aromatic heterocycles. The second kappa shape index (κ2) is 7.25. The normalized spacial score (nSPS) is 20.5. The highest BCUT2D eigenvalue weighted by molar-refractivity contribution is 7.98. The summed E-state index contributed by atoms with van der Waals surface area (Å²) in [6.45, 7) is 0.662. The number of carbonyl (C=O) groups excluding carboxylic acids is 1. The summed E-state index contributed by atoms with van der Waals surface area (Å²) >= 11 is 2.87. The van der Waals surface area contributed by atoms with Crippen LogP contribution in [0, 0.1) is 0 Å². The maximum Gasteiger partial charge on any atom is 0.256 e. The first-order valence-electron chi connectivity index (χ1n) is 7.56. The molecule has 8 heteroatoms. The molecule has 0 spiro atoms. The first kappa shape index (κ1) is 17.4. The number of rotatable bonds is 3. The molecule has 0 aliphatic carbocycles. The molecule has 128 valence electrons. The van der Waals surface area contributed by atoms with Gasteiger partial charge in [0.05, 0.1) is 16.6 Å². The van der Waals surface area contributed by atoms with Gasteiger partial charge in [0, 0.05) is 24.2 Å². The zero-order valence-corrected chi connectivity index (χ0v) is 15.7. The molecule has 1 aliphatic rings. The van der Waals surface area contributed by atoms with Gasteiger partial charge in [-0.3, -0.25) is 4.79 Å². The molecule has 3 rings (SSSR count). The lowest BCUT2D eigenvalue weighted by Gasteiger charge is -2.20. The molecule has 1 fully saturated rings. The van der Waals surface area contributed by atoms with Crippen molar-refractivity contribution < 1.29 is 13.2 Å². The maximum absolute atomic E-state index is 12.8. The van der Waals surface area contributed by atoms with Crippen molar-refractivity contribution in [3.63, 3.8) is 0 Å². The lowest BCUT2D eigenvalue weighted by Crippen LogP contribution is -2.34. The number of aromatic nitrogens is 1. The Bertz CT molecular complexity index is 819. The third kappa shape index (κ3) is 3.50. The van der Waals surface area contributed by atoms with Gasteiger partial charge in [0.1, 0.15) is 5.03 Å². The van der Waals surface area contributed by atoms with Crippen LogP contribution < -0.4 is 0 Å². The number of thioether (sulfide) groups is 1. The van der Waals surface area contributed by atoms with Crippen LogP contribution in [0.3, 0.4) is 0 Å². The lowest BCUT2D eigenvalue weighted by molar-refractivity contribution is 0.0762. The van der Waals surface area contributed by atoms with Crippen LogP contribution in [0.2, 0.25) is 0 Å². The van der Waals surface area contributed by atoms with Crippen molar-refractivity contribution >= 4 is 38.8 Å². The first-order chi connectivity index (χ1) is 11.5. The van der Waals surface area contributed by atoms with Crippen LogP contribution >= 0.6 is 23.1 Å². The Morgan fingerprint density at radius 1 is 1.33 bits per heavy atom. The average molecular weight is 383 g/mol. The van der Waals surface area contributed by atoms with Crippen LogP contribution in [-0.2, 0) is 9.84 Å². The smallest absolute Gasteiger partial charge is 0.256 e. The number of nitrogens with zero attached hydrogens (tertiary/aromatic N) is 2.